The molecule has 6 rings (SSSR count). The molecule has 2 amide bonds. The topological polar surface area (TPSA) is 104 Å². The number of anilines is 1. The quantitative estimate of drug-likeness (QED) is 0.592. The van der Waals surface area contributed by atoms with Crippen LogP contribution in [-0.4, -0.2) is 39.0 Å². The van der Waals surface area contributed by atoms with Gasteiger partial charge in [0.2, 0.25) is 11.7 Å². The van der Waals surface area contributed by atoms with Gasteiger partial charge in [0.1, 0.15) is 6.54 Å². The Kier molecular flexibility index (Phi) is 4.17. The summed E-state index contributed by atoms with van der Waals surface area (Å²) in [5.41, 5.74) is 5.06. The van der Waals surface area contributed by atoms with Crippen LogP contribution in [0.1, 0.15) is 29.0 Å². The molecule has 0 bridgehead atoms. The zero-order valence-corrected chi connectivity index (χ0v) is 17.4. The summed E-state index contributed by atoms with van der Waals surface area (Å²) in [7, 11) is 0. The number of fused-ring (bicyclic) bond motifs is 2. The molecule has 1 aromatic heterocycles. The van der Waals surface area contributed by atoms with E-state index in [0.29, 0.717) is 17.4 Å². The third-order valence-electron chi connectivity index (χ3n) is 6.27. The molecule has 3 heterocycles. The number of aromatic nitrogens is 2. The number of imide groups is 1. The minimum Gasteiger partial charge on any atom is -0.337 e. The Morgan fingerprint density at radius 2 is 1.84 bits per heavy atom. The summed E-state index contributed by atoms with van der Waals surface area (Å²) in [5.74, 6) is 0.0778. The van der Waals surface area contributed by atoms with E-state index in [-0.39, 0.29) is 18.4 Å². The average molecular weight is 428 g/mol. The maximum absolute atomic E-state index is 13.2. The number of carbonyl (C=O) groups is 2. The predicted octanol–water partition coefficient (Wildman–Crippen LogP) is 3.03. The van der Waals surface area contributed by atoms with Gasteiger partial charge in [0.25, 0.3) is 11.8 Å². The maximum Gasteiger partial charge on any atom is 0.263 e. The summed E-state index contributed by atoms with van der Waals surface area (Å²) in [6, 6.07) is 11.9. The fourth-order valence-corrected chi connectivity index (χ4v) is 4.58. The standard InChI is InChI=1S/C23H20N6O3/c1-13-5-7-15(8-6-13)21-24-18(32-26-21)12-28-20-19(25-27-28)22(30)29(23(20)31)17-10-9-14-3-2-4-16(14)11-17/h5-11,19-20H,2-4,12H2,1H3. The highest BCUT2D eigenvalue weighted by atomic mass is 16.5. The molecule has 0 N–H and O–H groups in total. The minimum absolute atomic E-state index is 0.0978. The van der Waals surface area contributed by atoms with Crippen LogP contribution in [0.15, 0.2) is 57.3 Å². The van der Waals surface area contributed by atoms with Crippen LogP contribution in [0.4, 0.5) is 5.69 Å². The maximum atomic E-state index is 13.2. The summed E-state index contributed by atoms with van der Waals surface area (Å²) in [6.07, 6.45) is 3.11. The molecule has 1 aliphatic carbocycles. The van der Waals surface area contributed by atoms with Gasteiger partial charge in [0.05, 0.1) is 5.69 Å². The lowest BCUT2D eigenvalue weighted by Crippen LogP contribution is -2.39. The van der Waals surface area contributed by atoms with E-state index < -0.39 is 12.1 Å². The Morgan fingerprint density at radius 1 is 1.03 bits per heavy atom. The highest BCUT2D eigenvalue weighted by Crippen LogP contribution is 2.35. The van der Waals surface area contributed by atoms with Gasteiger partial charge in [-0.2, -0.15) is 10.1 Å². The van der Waals surface area contributed by atoms with Crippen LogP contribution in [0, 0.1) is 6.92 Å². The summed E-state index contributed by atoms with van der Waals surface area (Å²) in [6.45, 7) is 2.10. The van der Waals surface area contributed by atoms with Crippen molar-refractivity contribution < 1.29 is 14.1 Å². The summed E-state index contributed by atoms with van der Waals surface area (Å²) < 4.78 is 5.37. The van der Waals surface area contributed by atoms with Gasteiger partial charge in [0.15, 0.2) is 12.1 Å². The highest BCUT2D eigenvalue weighted by Gasteiger charge is 2.55. The molecule has 0 saturated carbocycles. The van der Waals surface area contributed by atoms with E-state index >= 15 is 0 Å². The Bertz CT molecular complexity index is 1260. The van der Waals surface area contributed by atoms with Gasteiger partial charge in [-0.15, -0.1) is 0 Å². The van der Waals surface area contributed by atoms with E-state index in [1.807, 2.05) is 49.4 Å². The fraction of sp³-hybridized carbons (Fsp3) is 0.304. The number of aryl methyl sites for hydroxylation is 3. The molecule has 2 atom stereocenters. The van der Waals surface area contributed by atoms with Crippen LogP contribution in [0.5, 0.6) is 0 Å². The SMILES string of the molecule is Cc1ccc(-c2noc(CN3N=NC4C(=O)N(c5ccc6c(c5)CCC6)C(=O)C43)n2)cc1. The van der Waals surface area contributed by atoms with Crippen LogP contribution >= 0.6 is 0 Å². The first kappa shape index (κ1) is 18.9. The number of hydrogen-bond acceptors (Lipinski definition) is 8. The van der Waals surface area contributed by atoms with E-state index in [1.165, 1.54) is 21.0 Å². The molecule has 3 aliphatic rings. The Balaban J connectivity index is 1.23. The molecule has 9 nitrogen and oxygen atoms in total. The van der Waals surface area contributed by atoms with Gasteiger partial charge < -0.3 is 4.52 Å². The third kappa shape index (κ3) is 2.92. The van der Waals surface area contributed by atoms with Crippen LogP contribution in [0.25, 0.3) is 11.4 Å². The molecule has 2 unspecified atom stereocenters. The van der Waals surface area contributed by atoms with E-state index in [1.54, 1.807) is 0 Å². The Morgan fingerprint density at radius 3 is 2.69 bits per heavy atom. The smallest absolute Gasteiger partial charge is 0.263 e. The Hall–Kier alpha value is -3.88. The van der Waals surface area contributed by atoms with Crippen molar-refractivity contribution in [2.75, 3.05) is 4.90 Å². The summed E-state index contributed by atoms with van der Waals surface area (Å²) in [5, 5.41) is 13.6. The molecular weight excluding hydrogens is 408 g/mol. The van der Waals surface area contributed by atoms with E-state index in [0.717, 1.165) is 30.4 Å². The van der Waals surface area contributed by atoms with Gasteiger partial charge in [-0.3, -0.25) is 14.6 Å². The average Bonchev–Trinajstić information content (AvgIpc) is 3.56. The molecule has 1 saturated heterocycles. The van der Waals surface area contributed by atoms with E-state index in [9.17, 15) is 9.59 Å². The molecule has 0 spiro atoms. The van der Waals surface area contributed by atoms with Crippen molar-refractivity contribution >= 4 is 17.5 Å². The molecule has 1 fully saturated rings. The van der Waals surface area contributed by atoms with Crippen LogP contribution in [-0.2, 0) is 29.0 Å². The fourth-order valence-electron chi connectivity index (χ4n) is 4.58. The van der Waals surface area contributed by atoms with E-state index in [2.05, 4.69) is 20.5 Å². The number of hydrogen-bond donors (Lipinski definition) is 0. The molecule has 160 valence electrons. The van der Waals surface area contributed by atoms with Crippen molar-refractivity contribution in [2.45, 2.75) is 44.8 Å². The Labute approximate surface area is 183 Å². The first-order valence-electron chi connectivity index (χ1n) is 10.6. The van der Waals surface area contributed by atoms with Gasteiger partial charge in [-0.25, -0.2) is 4.90 Å². The molecule has 9 heteroatoms. The van der Waals surface area contributed by atoms with Crippen molar-refractivity contribution in [1.82, 2.24) is 15.1 Å². The second-order valence-corrected chi connectivity index (χ2v) is 8.39. The predicted molar refractivity (Wildman–Crippen MR) is 113 cm³/mol. The number of carbonyl (C=O) groups excluding carboxylic acids is 2. The molecule has 2 aliphatic heterocycles. The van der Waals surface area contributed by atoms with Gasteiger partial charge >= 0.3 is 0 Å². The van der Waals surface area contributed by atoms with Crippen molar-refractivity contribution in [1.29, 1.82) is 0 Å². The number of rotatable bonds is 4. The number of nitrogens with zero attached hydrogens (tertiary/aromatic N) is 6. The second-order valence-electron chi connectivity index (χ2n) is 8.39. The first-order chi connectivity index (χ1) is 15.6. The molecule has 2 aromatic carbocycles. The molecule has 0 radical (unpaired) electrons. The monoisotopic (exact) mass is 428 g/mol. The van der Waals surface area contributed by atoms with Crippen molar-refractivity contribution in [2.24, 2.45) is 10.3 Å². The normalized spacial score (nSPS) is 21.5. The summed E-state index contributed by atoms with van der Waals surface area (Å²) in [4.78, 5) is 31.9. The van der Waals surface area contributed by atoms with E-state index in [4.69, 9.17) is 4.52 Å². The van der Waals surface area contributed by atoms with Gasteiger partial charge in [0, 0.05) is 5.56 Å². The van der Waals surface area contributed by atoms with Crippen molar-refractivity contribution in [3.05, 3.63) is 65.0 Å². The molecular formula is C23H20N6O3. The summed E-state index contributed by atoms with van der Waals surface area (Å²) >= 11 is 0. The largest absolute Gasteiger partial charge is 0.337 e. The lowest BCUT2D eigenvalue weighted by Gasteiger charge is -2.19. The van der Waals surface area contributed by atoms with Crippen molar-refractivity contribution in [3.8, 4) is 11.4 Å². The van der Waals surface area contributed by atoms with Crippen LogP contribution < -0.4 is 4.90 Å². The van der Waals surface area contributed by atoms with Gasteiger partial charge in [-0.1, -0.05) is 46.3 Å². The lowest BCUT2D eigenvalue weighted by molar-refractivity contribution is -0.123. The van der Waals surface area contributed by atoms with Gasteiger partial charge in [-0.05, 0) is 49.4 Å². The molecule has 3 aromatic rings. The van der Waals surface area contributed by atoms with Crippen molar-refractivity contribution in [3.63, 3.8) is 0 Å². The third-order valence-corrected chi connectivity index (χ3v) is 6.27. The first-order valence-corrected chi connectivity index (χ1v) is 10.6. The van der Waals surface area contributed by atoms with Crippen LogP contribution in [0.2, 0.25) is 0 Å². The number of benzene rings is 2. The second kappa shape index (κ2) is 7.08. The lowest BCUT2D eigenvalue weighted by atomic mass is 10.1. The highest BCUT2D eigenvalue weighted by molar-refractivity contribution is 6.25. The number of amides is 2. The minimum atomic E-state index is -0.852. The zero-order valence-electron chi connectivity index (χ0n) is 17.4. The van der Waals surface area contributed by atoms with Crippen LogP contribution in [0.3, 0.4) is 0 Å². The zero-order chi connectivity index (χ0) is 21.8. The molecule has 32 heavy (non-hydrogen) atoms.